The molecule has 1 aliphatic rings. The van der Waals surface area contributed by atoms with Gasteiger partial charge in [0.05, 0.1) is 6.10 Å². The molecule has 0 aliphatic carbocycles. The molecule has 1 aliphatic heterocycles. The Labute approximate surface area is 112 Å². The topological polar surface area (TPSA) is 47.3 Å². The lowest BCUT2D eigenvalue weighted by molar-refractivity contribution is 0.0484. The van der Waals surface area contributed by atoms with Gasteiger partial charge < -0.3 is 14.4 Å². The number of hydrogen-bond acceptors (Lipinski definition) is 3. The standard InChI is InChI=1S/C15H18N2O2/c1-2-17-8-7-16-15(17)10-12(18)14-9-11-5-3-4-6-13(11)19-14/h3-8,12,14,18H,2,9-10H2,1H3. The maximum Gasteiger partial charge on any atom is 0.129 e. The molecule has 1 aromatic heterocycles. The number of benzene rings is 1. The molecule has 0 bridgehead atoms. The van der Waals surface area contributed by atoms with Crippen molar-refractivity contribution in [3.8, 4) is 5.75 Å². The third-order valence-corrected chi connectivity index (χ3v) is 3.64. The van der Waals surface area contributed by atoms with E-state index in [0.29, 0.717) is 6.42 Å². The van der Waals surface area contributed by atoms with Crippen molar-refractivity contribution in [1.82, 2.24) is 9.55 Å². The Morgan fingerprint density at radius 3 is 3.11 bits per heavy atom. The summed E-state index contributed by atoms with van der Waals surface area (Å²) >= 11 is 0. The van der Waals surface area contributed by atoms with Gasteiger partial charge in [-0.25, -0.2) is 4.98 Å². The number of para-hydroxylation sites is 1. The van der Waals surface area contributed by atoms with E-state index in [4.69, 9.17) is 4.74 Å². The maximum atomic E-state index is 10.3. The highest BCUT2D eigenvalue weighted by atomic mass is 16.5. The zero-order valence-corrected chi connectivity index (χ0v) is 11.0. The van der Waals surface area contributed by atoms with Crippen LogP contribution in [-0.4, -0.2) is 26.9 Å². The fraction of sp³-hybridized carbons (Fsp3) is 0.400. The predicted octanol–water partition coefficient (Wildman–Crippen LogP) is 1.81. The molecule has 3 rings (SSSR count). The van der Waals surface area contributed by atoms with E-state index in [1.165, 1.54) is 5.56 Å². The van der Waals surface area contributed by atoms with Crippen molar-refractivity contribution in [3.63, 3.8) is 0 Å². The van der Waals surface area contributed by atoms with Crippen LogP contribution in [0.15, 0.2) is 36.7 Å². The minimum atomic E-state index is -0.528. The van der Waals surface area contributed by atoms with Crippen LogP contribution in [0.3, 0.4) is 0 Å². The molecule has 100 valence electrons. The predicted molar refractivity (Wildman–Crippen MR) is 72.2 cm³/mol. The number of nitrogens with zero attached hydrogens (tertiary/aromatic N) is 2. The summed E-state index contributed by atoms with van der Waals surface area (Å²) in [6, 6.07) is 7.96. The zero-order valence-electron chi connectivity index (χ0n) is 11.0. The molecule has 0 radical (unpaired) electrons. The van der Waals surface area contributed by atoms with Gasteiger partial charge in [-0.1, -0.05) is 18.2 Å². The van der Waals surface area contributed by atoms with Crippen LogP contribution in [0.2, 0.25) is 0 Å². The molecule has 1 aromatic carbocycles. The summed E-state index contributed by atoms with van der Waals surface area (Å²) in [5.74, 6) is 1.81. The average molecular weight is 258 g/mol. The first-order valence-electron chi connectivity index (χ1n) is 6.70. The van der Waals surface area contributed by atoms with Crippen molar-refractivity contribution < 1.29 is 9.84 Å². The summed E-state index contributed by atoms with van der Waals surface area (Å²) in [5.41, 5.74) is 1.17. The highest BCUT2D eigenvalue weighted by Gasteiger charge is 2.29. The van der Waals surface area contributed by atoms with Crippen LogP contribution in [0.1, 0.15) is 18.3 Å². The molecule has 0 saturated heterocycles. The van der Waals surface area contributed by atoms with Gasteiger partial charge >= 0.3 is 0 Å². The van der Waals surface area contributed by atoms with Gasteiger partial charge in [0.2, 0.25) is 0 Å². The van der Waals surface area contributed by atoms with E-state index >= 15 is 0 Å². The van der Waals surface area contributed by atoms with Crippen molar-refractivity contribution in [3.05, 3.63) is 48.0 Å². The summed E-state index contributed by atoms with van der Waals surface area (Å²) in [7, 11) is 0. The monoisotopic (exact) mass is 258 g/mol. The number of hydrogen-bond donors (Lipinski definition) is 1. The molecule has 4 nitrogen and oxygen atoms in total. The number of ether oxygens (including phenoxy) is 1. The smallest absolute Gasteiger partial charge is 0.129 e. The van der Waals surface area contributed by atoms with Gasteiger partial charge in [-0.15, -0.1) is 0 Å². The fourth-order valence-corrected chi connectivity index (χ4v) is 2.56. The van der Waals surface area contributed by atoms with Crippen molar-refractivity contribution in [2.45, 2.75) is 38.5 Å². The van der Waals surface area contributed by atoms with Gasteiger partial charge in [0.1, 0.15) is 17.7 Å². The van der Waals surface area contributed by atoms with E-state index in [-0.39, 0.29) is 6.10 Å². The van der Waals surface area contributed by atoms with E-state index < -0.39 is 6.10 Å². The number of imidazole rings is 1. The van der Waals surface area contributed by atoms with Crippen LogP contribution in [0.25, 0.3) is 0 Å². The van der Waals surface area contributed by atoms with E-state index in [9.17, 15) is 5.11 Å². The quantitative estimate of drug-likeness (QED) is 0.909. The van der Waals surface area contributed by atoms with Crippen LogP contribution in [0.4, 0.5) is 0 Å². The van der Waals surface area contributed by atoms with Crippen molar-refractivity contribution in [2.75, 3.05) is 0 Å². The molecule has 2 unspecified atom stereocenters. The number of rotatable bonds is 4. The van der Waals surface area contributed by atoms with Crippen molar-refractivity contribution >= 4 is 0 Å². The Morgan fingerprint density at radius 2 is 2.32 bits per heavy atom. The van der Waals surface area contributed by atoms with Crippen molar-refractivity contribution in [2.24, 2.45) is 0 Å². The molecule has 2 atom stereocenters. The Bertz CT molecular complexity index is 540. The third-order valence-electron chi connectivity index (χ3n) is 3.64. The van der Waals surface area contributed by atoms with Gasteiger partial charge in [0.15, 0.2) is 0 Å². The van der Waals surface area contributed by atoms with Crippen molar-refractivity contribution in [1.29, 1.82) is 0 Å². The molecule has 2 heterocycles. The largest absolute Gasteiger partial charge is 0.487 e. The molecule has 0 fully saturated rings. The summed E-state index contributed by atoms with van der Waals surface area (Å²) in [5, 5.41) is 10.3. The van der Waals surface area contributed by atoms with E-state index in [0.717, 1.165) is 24.5 Å². The molecule has 0 amide bonds. The van der Waals surface area contributed by atoms with Gasteiger partial charge in [-0.05, 0) is 18.6 Å². The summed E-state index contributed by atoms with van der Waals surface area (Å²) in [4.78, 5) is 4.29. The lowest BCUT2D eigenvalue weighted by Gasteiger charge is -2.18. The lowest BCUT2D eigenvalue weighted by Crippen LogP contribution is -2.32. The van der Waals surface area contributed by atoms with E-state index in [2.05, 4.69) is 18.0 Å². The Hall–Kier alpha value is -1.81. The number of fused-ring (bicyclic) bond motifs is 1. The normalized spacial score (nSPS) is 18.9. The molecule has 0 spiro atoms. The van der Waals surface area contributed by atoms with Gasteiger partial charge in [0.25, 0.3) is 0 Å². The Kier molecular flexibility index (Phi) is 3.25. The van der Waals surface area contributed by atoms with Crippen LogP contribution < -0.4 is 4.74 Å². The van der Waals surface area contributed by atoms with Gasteiger partial charge in [0, 0.05) is 31.8 Å². The van der Waals surface area contributed by atoms with E-state index in [1.807, 2.05) is 29.0 Å². The number of aliphatic hydroxyl groups excluding tert-OH is 1. The van der Waals surface area contributed by atoms with Crippen LogP contribution in [0.5, 0.6) is 5.75 Å². The lowest BCUT2D eigenvalue weighted by atomic mass is 10.0. The Morgan fingerprint density at radius 1 is 1.47 bits per heavy atom. The average Bonchev–Trinajstić information content (AvgIpc) is 3.03. The second-order valence-electron chi connectivity index (χ2n) is 4.87. The maximum absolute atomic E-state index is 10.3. The van der Waals surface area contributed by atoms with Crippen LogP contribution in [-0.2, 0) is 19.4 Å². The molecule has 19 heavy (non-hydrogen) atoms. The Balaban J connectivity index is 1.68. The minimum Gasteiger partial charge on any atom is -0.487 e. The minimum absolute atomic E-state index is 0.167. The summed E-state index contributed by atoms with van der Waals surface area (Å²) < 4.78 is 7.85. The van der Waals surface area contributed by atoms with Crippen LogP contribution in [0, 0.1) is 0 Å². The first-order chi connectivity index (χ1) is 9.28. The van der Waals surface area contributed by atoms with Gasteiger partial charge in [-0.2, -0.15) is 0 Å². The first kappa shape index (κ1) is 12.2. The number of aromatic nitrogens is 2. The summed E-state index contributed by atoms with van der Waals surface area (Å²) in [6.07, 6.45) is 4.31. The SMILES string of the molecule is CCn1ccnc1CC(O)C1Cc2ccccc2O1. The molecule has 0 saturated carbocycles. The van der Waals surface area contributed by atoms with Crippen LogP contribution >= 0.6 is 0 Å². The zero-order chi connectivity index (χ0) is 13.2. The highest BCUT2D eigenvalue weighted by Crippen LogP contribution is 2.30. The second-order valence-corrected chi connectivity index (χ2v) is 4.87. The molecule has 2 aromatic rings. The molecular formula is C15H18N2O2. The number of aryl methyl sites for hydroxylation is 1. The summed E-state index contributed by atoms with van der Waals surface area (Å²) in [6.45, 7) is 2.94. The van der Waals surface area contributed by atoms with Gasteiger partial charge in [-0.3, -0.25) is 0 Å². The third kappa shape index (κ3) is 2.36. The molecular weight excluding hydrogens is 240 g/mol. The first-order valence-corrected chi connectivity index (χ1v) is 6.70. The second kappa shape index (κ2) is 5.05. The molecule has 4 heteroatoms. The number of aliphatic hydroxyl groups is 1. The molecule has 1 N–H and O–H groups in total. The van der Waals surface area contributed by atoms with E-state index in [1.54, 1.807) is 6.20 Å². The highest BCUT2D eigenvalue weighted by molar-refractivity contribution is 5.37. The fourth-order valence-electron chi connectivity index (χ4n) is 2.56.